The maximum absolute atomic E-state index is 14.2. The van der Waals surface area contributed by atoms with Crippen molar-refractivity contribution in [3.63, 3.8) is 0 Å². The van der Waals surface area contributed by atoms with Crippen LogP contribution in [0.25, 0.3) is 33.4 Å². The van der Waals surface area contributed by atoms with E-state index in [1.807, 2.05) is 5.38 Å². The van der Waals surface area contributed by atoms with Gasteiger partial charge in [0.2, 0.25) is 5.91 Å². The molecule has 3 fully saturated rings. The van der Waals surface area contributed by atoms with Crippen LogP contribution in [0, 0.1) is 28.6 Å². The Morgan fingerprint density at radius 3 is 2.48 bits per heavy atom. The maximum atomic E-state index is 14.2. The minimum Gasteiger partial charge on any atom is -0.464 e. The average Bonchev–Trinajstić information content (AvgIpc) is 3.83. The standard InChI is InChI=1S/C46H58N8O5S.5H2S/c1-7-53-39-13-11-29-19-33(39)35(42(53)34-20-31(24-48-41(34)27(2)58-6)28-14-17-52(5)18-15-28)22-46(3,4)26-59-45(57)36-9-8-16-54(51-36)44(56)37(21-40-49-38(29)25-60-40)50-43(55)32-12-10-30(32)23-47;;;;;/h11,13,19-20,24-25,27-28,30,32,36-37,51H,7-10,12,14-18,21-22,26H2,1-6H3,(H,50,55);5*1H2/t27-,30+,32-,36-,37-;;;;;/m0...../s1. The summed E-state index contributed by atoms with van der Waals surface area (Å²) in [6.45, 7) is 11.9. The summed E-state index contributed by atoms with van der Waals surface area (Å²) in [4.78, 5) is 54.1. The molecule has 13 nitrogen and oxygen atoms in total. The van der Waals surface area contributed by atoms with Gasteiger partial charge in [0.25, 0.3) is 5.91 Å². The molecule has 4 aromatic rings. The fraction of sp³-hybridized carbons (Fsp3) is 0.565. The number of hydrogen-bond donors (Lipinski definition) is 2. The number of rotatable bonds is 7. The molecule has 1 aliphatic carbocycles. The van der Waals surface area contributed by atoms with Crippen LogP contribution >= 0.6 is 78.8 Å². The van der Waals surface area contributed by atoms with Crippen molar-refractivity contribution in [3.05, 3.63) is 57.7 Å². The van der Waals surface area contributed by atoms with Crippen molar-refractivity contribution in [1.82, 2.24) is 35.2 Å². The van der Waals surface area contributed by atoms with Crippen LogP contribution in [0.2, 0.25) is 0 Å². The van der Waals surface area contributed by atoms with Crippen LogP contribution < -0.4 is 10.7 Å². The molecule has 65 heavy (non-hydrogen) atoms. The Kier molecular flexibility index (Phi) is 20.7. The summed E-state index contributed by atoms with van der Waals surface area (Å²) in [6, 6.07) is 9.44. The molecule has 4 aliphatic rings. The number of nitriles is 1. The molecule has 0 unspecified atom stereocenters. The van der Waals surface area contributed by atoms with Crippen LogP contribution in [-0.2, 0) is 43.2 Å². The fourth-order valence-corrected chi connectivity index (χ4v) is 10.3. The molecule has 0 spiro atoms. The fourth-order valence-electron chi connectivity index (χ4n) is 9.44. The number of aryl methyl sites for hydroxylation is 1. The number of nitrogens with one attached hydrogen (secondary N) is 2. The largest absolute Gasteiger partial charge is 0.464 e. The number of cyclic esters (lactones) is 1. The molecule has 6 heterocycles. The van der Waals surface area contributed by atoms with Gasteiger partial charge in [-0.2, -0.15) is 72.7 Å². The second-order valence-corrected chi connectivity index (χ2v) is 19.0. The highest BCUT2D eigenvalue weighted by Gasteiger charge is 2.40. The summed E-state index contributed by atoms with van der Waals surface area (Å²) in [7, 11) is 3.91. The molecule has 2 amide bonds. The predicted molar refractivity (Wildman–Crippen MR) is 283 cm³/mol. The van der Waals surface area contributed by atoms with Gasteiger partial charge in [-0.15, -0.1) is 11.3 Å². The zero-order valence-corrected chi connectivity index (χ0v) is 44.1. The smallest absolute Gasteiger partial charge is 0.324 e. The Bertz CT molecular complexity index is 2330. The number of piperidine rings is 1. The normalized spacial score (nSPS) is 22.7. The van der Waals surface area contributed by atoms with E-state index < -0.39 is 29.4 Å². The van der Waals surface area contributed by atoms with Crippen LogP contribution in [0.15, 0.2) is 35.8 Å². The SMILES string of the molecule is CCn1c(-c2cc(C3CCN(C)CC3)cnc2[C@H](C)OC)c2c3cc(ccc31)-c1csc(n1)C[C@H](NC(=O)[C@H]1CC[C@@H]1C#N)C(=O)N1CCC[C@H](N1)C(=O)OCC(C)(C)C2.S.S.S.S.S. The first-order valence-electron chi connectivity index (χ1n) is 21.6. The minimum atomic E-state index is -0.936. The summed E-state index contributed by atoms with van der Waals surface area (Å²) in [6.07, 6.45) is 7.13. The third kappa shape index (κ3) is 11.9. The molecule has 8 rings (SSSR count). The first-order valence-corrected chi connectivity index (χ1v) is 22.5. The third-order valence-corrected chi connectivity index (χ3v) is 14.1. The molecule has 2 saturated heterocycles. The number of hydrazine groups is 1. The van der Waals surface area contributed by atoms with E-state index in [0.29, 0.717) is 49.6 Å². The van der Waals surface area contributed by atoms with Gasteiger partial charge in [0, 0.05) is 65.6 Å². The number of ether oxygens (including phenoxy) is 2. The molecular formula is C46H68N8O5S6. The number of esters is 1. The van der Waals surface area contributed by atoms with E-state index in [0.717, 1.165) is 77.2 Å². The number of carbonyl (C=O) groups is 3. The molecule has 3 aromatic heterocycles. The van der Waals surface area contributed by atoms with Gasteiger partial charge < -0.3 is 24.3 Å². The van der Waals surface area contributed by atoms with Crippen LogP contribution in [0.4, 0.5) is 0 Å². The number of aromatic nitrogens is 3. The van der Waals surface area contributed by atoms with E-state index in [-0.39, 0.29) is 104 Å². The number of nitrogens with zero attached hydrogens (tertiary/aromatic N) is 6. The molecule has 2 N–H and O–H groups in total. The lowest BCUT2D eigenvalue weighted by Crippen LogP contribution is -2.61. The zero-order chi connectivity index (χ0) is 42.3. The van der Waals surface area contributed by atoms with Crippen molar-refractivity contribution in [3.8, 4) is 28.6 Å². The molecule has 1 saturated carbocycles. The quantitative estimate of drug-likeness (QED) is 0.183. The molecule has 5 atom stereocenters. The third-order valence-electron chi connectivity index (χ3n) is 13.2. The molecule has 6 bridgehead atoms. The van der Waals surface area contributed by atoms with Crippen LogP contribution in [0.3, 0.4) is 0 Å². The summed E-state index contributed by atoms with van der Waals surface area (Å²) in [5.74, 6) is -1.46. The number of methoxy groups -OCH3 is 1. The Morgan fingerprint density at radius 2 is 1.82 bits per heavy atom. The number of hydrogen-bond acceptors (Lipinski definition) is 11. The van der Waals surface area contributed by atoms with Crippen LogP contribution in [0.5, 0.6) is 0 Å². The molecule has 1 aromatic carbocycles. The van der Waals surface area contributed by atoms with Gasteiger partial charge >= 0.3 is 5.97 Å². The van der Waals surface area contributed by atoms with Crippen molar-refractivity contribution < 1.29 is 23.9 Å². The Labute approximate surface area is 422 Å². The van der Waals surface area contributed by atoms with Gasteiger partial charge in [0.15, 0.2) is 0 Å². The second-order valence-electron chi connectivity index (χ2n) is 18.0. The van der Waals surface area contributed by atoms with Gasteiger partial charge in [-0.25, -0.2) is 10.4 Å². The van der Waals surface area contributed by atoms with Gasteiger partial charge in [-0.1, -0.05) is 19.9 Å². The zero-order valence-electron chi connectivity index (χ0n) is 38.3. The highest BCUT2D eigenvalue weighted by Crippen LogP contribution is 2.43. The van der Waals surface area contributed by atoms with Gasteiger partial charge in [0.1, 0.15) is 12.1 Å². The summed E-state index contributed by atoms with van der Waals surface area (Å²) < 4.78 is 14.5. The Balaban J connectivity index is 0.00000224. The number of likely N-dealkylation sites (tertiary alicyclic amines) is 1. The lowest BCUT2D eigenvalue weighted by molar-refractivity contribution is -0.155. The van der Waals surface area contributed by atoms with E-state index in [9.17, 15) is 19.6 Å². The number of carbonyl (C=O) groups excluding carboxylic acids is 3. The van der Waals surface area contributed by atoms with Gasteiger partial charge in [0.05, 0.1) is 52.7 Å². The highest BCUT2D eigenvalue weighted by atomic mass is 32.1. The maximum Gasteiger partial charge on any atom is 0.324 e. The van der Waals surface area contributed by atoms with Crippen molar-refractivity contribution in [2.75, 3.05) is 40.4 Å². The monoisotopic (exact) mass is 1000 g/mol. The Morgan fingerprint density at radius 1 is 1.08 bits per heavy atom. The minimum absolute atomic E-state index is 0. The molecule has 19 heteroatoms. The lowest BCUT2D eigenvalue weighted by atomic mass is 9.74. The number of benzene rings is 1. The van der Waals surface area contributed by atoms with E-state index >= 15 is 0 Å². The van der Waals surface area contributed by atoms with E-state index in [2.05, 4.69) is 91.5 Å². The second kappa shape index (κ2) is 23.9. The van der Waals surface area contributed by atoms with E-state index in [1.54, 1.807) is 7.11 Å². The number of thiazole rings is 1. The molecule has 0 radical (unpaired) electrons. The summed E-state index contributed by atoms with van der Waals surface area (Å²) in [5.41, 5.74) is 10.9. The van der Waals surface area contributed by atoms with Crippen molar-refractivity contribution in [2.24, 2.45) is 17.3 Å². The average molecular weight is 1010 g/mol. The first-order chi connectivity index (χ1) is 28.9. The van der Waals surface area contributed by atoms with Gasteiger partial charge in [-0.3, -0.25) is 24.4 Å². The first kappa shape index (κ1) is 56.4. The van der Waals surface area contributed by atoms with Crippen LogP contribution in [0.1, 0.15) is 100 Å². The molecule has 3 aliphatic heterocycles. The van der Waals surface area contributed by atoms with Crippen molar-refractivity contribution >= 4 is 108 Å². The summed E-state index contributed by atoms with van der Waals surface area (Å²) in [5, 5.41) is 17.8. The summed E-state index contributed by atoms with van der Waals surface area (Å²) >= 11 is 1.45. The van der Waals surface area contributed by atoms with Crippen molar-refractivity contribution in [2.45, 2.75) is 110 Å². The topological polar surface area (TPSA) is 155 Å². The lowest BCUT2D eigenvalue weighted by Gasteiger charge is -2.36. The predicted octanol–water partition coefficient (Wildman–Crippen LogP) is 7.13. The highest BCUT2D eigenvalue weighted by molar-refractivity contribution is 7.60. The number of pyridine rings is 1. The van der Waals surface area contributed by atoms with Gasteiger partial charge in [-0.05, 0) is 114 Å². The van der Waals surface area contributed by atoms with E-state index in [4.69, 9.17) is 19.4 Å². The van der Waals surface area contributed by atoms with Crippen LogP contribution in [-0.4, -0.2) is 94.7 Å². The number of fused-ring (bicyclic) bond motifs is 6. The Hall–Kier alpha value is -2.93. The molecule has 358 valence electrons. The van der Waals surface area contributed by atoms with Crippen molar-refractivity contribution in [1.29, 1.82) is 5.26 Å². The molecular weight excluding hydrogens is 937 g/mol. The number of amides is 2. The van der Waals surface area contributed by atoms with E-state index in [1.165, 1.54) is 21.9 Å².